The van der Waals surface area contributed by atoms with Crippen LogP contribution in [-0.4, -0.2) is 0 Å². The Hall–Kier alpha value is -5.98. The van der Waals surface area contributed by atoms with Gasteiger partial charge in [0.2, 0.25) is 0 Å². The lowest BCUT2D eigenvalue weighted by Crippen LogP contribution is -2.23. The summed E-state index contributed by atoms with van der Waals surface area (Å²) in [6, 6.07) is 14.0. The zero-order valence-electron chi connectivity index (χ0n) is 30.0. The maximum Gasteiger partial charge on any atom is 0.416 e. The van der Waals surface area contributed by atoms with Gasteiger partial charge in [0.15, 0.2) is 0 Å². The van der Waals surface area contributed by atoms with Gasteiger partial charge in [0.1, 0.15) is 17.5 Å². The number of hydrogen-bond donors (Lipinski definition) is 0. The van der Waals surface area contributed by atoms with E-state index in [4.69, 9.17) is 0 Å². The van der Waals surface area contributed by atoms with Crippen molar-refractivity contribution in [3.05, 3.63) is 195 Å². The summed E-state index contributed by atoms with van der Waals surface area (Å²) in [5, 5.41) is 0. The van der Waals surface area contributed by atoms with Crippen molar-refractivity contribution in [1.82, 2.24) is 0 Å². The zero-order valence-corrected chi connectivity index (χ0v) is 30.0. The Balaban J connectivity index is 1.24. The lowest BCUT2D eigenvalue weighted by atomic mass is 9.95. The van der Waals surface area contributed by atoms with Crippen LogP contribution in [0.25, 0.3) is 24.3 Å². The van der Waals surface area contributed by atoms with E-state index in [9.17, 15) is 52.7 Å². The zero-order chi connectivity index (χ0) is 41.8. The van der Waals surface area contributed by atoms with Crippen molar-refractivity contribution in [3.8, 4) is 0 Å². The molecule has 0 aromatic heterocycles. The van der Waals surface area contributed by atoms with Gasteiger partial charge in [-0.15, -0.1) is 0 Å². The third kappa shape index (κ3) is 10.3. The van der Waals surface area contributed by atoms with Gasteiger partial charge < -0.3 is 4.90 Å². The van der Waals surface area contributed by atoms with Crippen molar-refractivity contribution < 1.29 is 52.7 Å². The van der Waals surface area contributed by atoms with Crippen LogP contribution in [0.3, 0.4) is 0 Å². The van der Waals surface area contributed by atoms with Crippen LogP contribution >= 0.6 is 0 Å². The summed E-state index contributed by atoms with van der Waals surface area (Å²) < 4.78 is 160. The van der Waals surface area contributed by atoms with E-state index < -0.39 is 52.7 Å². The highest BCUT2D eigenvalue weighted by atomic mass is 19.4. The highest BCUT2D eigenvalue weighted by Gasteiger charge is 2.33. The molecule has 1 unspecified atom stereocenters. The lowest BCUT2D eigenvalue weighted by Gasteiger charge is -2.32. The summed E-state index contributed by atoms with van der Waals surface area (Å²) >= 11 is 0. The van der Waals surface area contributed by atoms with Gasteiger partial charge in [-0.2, -0.15) is 39.5 Å². The lowest BCUT2D eigenvalue weighted by molar-refractivity contribution is -0.138. The van der Waals surface area contributed by atoms with Crippen molar-refractivity contribution in [2.45, 2.75) is 37.8 Å². The number of anilines is 1. The van der Waals surface area contributed by atoms with Crippen molar-refractivity contribution in [2.24, 2.45) is 5.92 Å². The molecular formula is C45H31F12N. The van der Waals surface area contributed by atoms with Crippen LogP contribution in [0, 0.1) is 23.4 Å². The van der Waals surface area contributed by atoms with Gasteiger partial charge in [0.05, 0.1) is 16.7 Å². The minimum atomic E-state index is -4.68. The maximum atomic E-state index is 14.4. The number of rotatable bonds is 9. The predicted molar refractivity (Wildman–Crippen MR) is 201 cm³/mol. The molecule has 300 valence electrons. The quantitative estimate of drug-likeness (QED) is 0.120. The third-order valence-electron chi connectivity index (χ3n) is 9.41. The highest BCUT2D eigenvalue weighted by molar-refractivity contribution is 5.72. The van der Waals surface area contributed by atoms with E-state index in [1.165, 1.54) is 18.2 Å². The molecule has 6 rings (SSSR count). The maximum absolute atomic E-state index is 14.4. The first-order valence-corrected chi connectivity index (χ1v) is 17.7. The minimum absolute atomic E-state index is 0.00179. The van der Waals surface area contributed by atoms with Gasteiger partial charge in [0.25, 0.3) is 0 Å². The molecule has 0 bridgehead atoms. The Kier molecular flexibility index (Phi) is 12.1. The summed E-state index contributed by atoms with van der Waals surface area (Å²) in [4.78, 5) is 1.97. The van der Waals surface area contributed by atoms with Crippen LogP contribution in [0.5, 0.6) is 0 Å². The van der Waals surface area contributed by atoms with Crippen LogP contribution < -0.4 is 4.90 Å². The summed E-state index contributed by atoms with van der Waals surface area (Å²) in [7, 11) is 0. The summed E-state index contributed by atoms with van der Waals surface area (Å²) in [6.45, 7) is 0. The van der Waals surface area contributed by atoms with Crippen molar-refractivity contribution in [2.75, 3.05) is 4.90 Å². The smallest absolute Gasteiger partial charge is 0.315 e. The van der Waals surface area contributed by atoms with Crippen LogP contribution in [0.1, 0.15) is 58.2 Å². The van der Waals surface area contributed by atoms with E-state index >= 15 is 0 Å². The van der Waals surface area contributed by atoms with Gasteiger partial charge >= 0.3 is 18.5 Å². The second-order valence-corrected chi connectivity index (χ2v) is 13.4. The fraction of sp³-hybridized carbons (Fsp3) is 0.156. The topological polar surface area (TPSA) is 3.24 Å². The minimum Gasteiger partial charge on any atom is -0.315 e. The first kappa shape index (κ1) is 41.6. The summed E-state index contributed by atoms with van der Waals surface area (Å²) in [6.07, 6.45) is 5.73. The fourth-order valence-corrected chi connectivity index (χ4v) is 6.24. The normalized spacial score (nSPS) is 16.6. The van der Waals surface area contributed by atoms with E-state index in [2.05, 4.69) is 0 Å². The molecule has 4 aromatic carbocycles. The molecule has 0 saturated carbocycles. The van der Waals surface area contributed by atoms with Gasteiger partial charge in [-0.1, -0.05) is 85.0 Å². The first-order chi connectivity index (χ1) is 27.3. The Morgan fingerprint density at radius 3 is 1.47 bits per heavy atom. The molecule has 2 aliphatic rings. The molecule has 0 fully saturated rings. The third-order valence-corrected chi connectivity index (χ3v) is 9.41. The Morgan fingerprint density at radius 1 is 0.534 bits per heavy atom. The first-order valence-electron chi connectivity index (χ1n) is 17.7. The molecule has 1 atom stereocenters. The van der Waals surface area contributed by atoms with E-state index in [0.29, 0.717) is 48.7 Å². The van der Waals surface area contributed by atoms with Crippen LogP contribution in [0.2, 0.25) is 0 Å². The van der Waals surface area contributed by atoms with Gasteiger partial charge in [0, 0.05) is 33.8 Å². The number of nitrogens with zero attached hydrogens (tertiary/aromatic N) is 1. The van der Waals surface area contributed by atoms with Crippen molar-refractivity contribution >= 4 is 30.0 Å². The van der Waals surface area contributed by atoms with E-state index in [0.717, 1.165) is 53.4 Å². The van der Waals surface area contributed by atoms with Gasteiger partial charge in [-0.05, 0) is 97.0 Å². The second-order valence-electron chi connectivity index (χ2n) is 13.4. The number of halogens is 12. The van der Waals surface area contributed by atoms with Crippen LogP contribution in [0.15, 0.2) is 138 Å². The molecule has 0 aliphatic heterocycles. The Morgan fingerprint density at radius 2 is 1.03 bits per heavy atom. The fourth-order valence-electron chi connectivity index (χ4n) is 6.24. The van der Waals surface area contributed by atoms with Crippen molar-refractivity contribution in [1.29, 1.82) is 0 Å². The van der Waals surface area contributed by atoms with E-state index in [1.807, 2.05) is 29.2 Å². The molecule has 13 heteroatoms. The molecule has 0 spiro atoms. The van der Waals surface area contributed by atoms with E-state index in [1.54, 1.807) is 48.6 Å². The summed E-state index contributed by atoms with van der Waals surface area (Å²) in [5.74, 6) is -3.26. The number of allylic oxidation sites excluding steroid dienone is 9. The Bertz CT molecular complexity index is 2370. The Labute approximate surface area is 325 Å². The number of benzene rings is 4. The average molecular weight is 814 g/mol. The van der Waals surface area contributed by atoms with Gasteiger partial charge in [-0.3, -0.25) is 0 Å². The molecule has 0 saturated heterocycles. The molecule has 0 radical (unpaired) electrons. The van der Waals surface area contributed by atoms with Crippen LogP contribution in [0.4, 0.5) is 58.4 Å². The molecule has 4 aromatic rings. The molecule has 0 amide bonds. The molecule has 0 heterocycles. The molecule has 1 nitrogen and oxygen atoms in total. The number of alkyl halides is 9. The number of hydrogen-bond acceptors (Lipinski definition) is 1. The predicted octanol–water partition coefficient (Wildman–Crippen LogP) is 14.6. The average Bonchev–Trinajstić information content (AvgIpc) is 3.17. The van der Waals surface area contributed by atoms with Crippen molar-refractivity contribution in [3.63, 3.8) is 0 Å². The SMILES string of the molecule is Fc1cc(C(F)(F)F)ccc1/C=C/C1=CC=C(N(C2=CCC(/C=C/c3ccc(C(F)(F)F)cc3F)C=C2)c2ccc(/C=C/c3ccc(C(F)(F)F)cc3F)cc2)CC1. The molecule has 2 aliphatic carbocycles. The molecular weight excluding hydrogens is 782 g/mol. The van der Waals surface area contributed by atoms with Gasteiger partial charge in [-0.25, -0.2) is 13.2 Å². The summed E-state index contributed by atoms with van der Waals surface area (Å²) in [5.41, 5.74) is 0.376. The van der Waals surface area contributed by atoms with E-state index in [-0.39, 0.29) is 22.6 Å². The largest absolute Gasteiger partial charge is 0.416 e. The standard InChI is InChI=1S/C45H31F12N/c46-40-25-34(43(49,50)51)16-13-31(40)10-1-28-4-19-37(20-5-28)58(38-21-6-29(7-22-38)2-11-32-14-17-35(26-41(32)47)44(52,53)54)39-23-8-30(9-24-39)3-12-33-15-18-36(27-42(33)48)45(55,56)57/h1-6,8,10-23,25-27,29H,7,9,24H2/b10-1+,11-2+,12-3+. The molecule has 0 N–H and O–H groups in total. The van der Waals surface area contributed by atoms with Crippen LogP contribution in [-0.2, 0) is 18.5 Å². The molecule has 58 heavy (non-hydrogen) atoms. The monoisotopic (exact) mass is 813 g/mol. The highest BCUT2D eigenvalue weighted by Crippen LogP contribution is 2.36. The second kappa shape index (κ2) is 16.9.